The van der Waals surface area contributed by atoms with E-state index < -0.39 is 37.0 Å². The number of rotatable bonds is 18. The number of ether oxygens (including phenoxy) is 4. The van der Waals surface area contributed by atoms with Crippen molar-refractivity contribution in [2.75, 3.05) is 79.4 Å². The second-order valence-corrected chi connectivity index (χ2v) is 9.43. The van der Waals surface area contributed by atoms with E-state index in [4.69, 9.17) is 18.9 Å². The van der Waals surface area contributed by atoms with Crippen molar-refractivity contribution in [1.82, 2.24) is 0 Å². The largest absolute Gasteiger partial charge is 0.559 e. The van der Waals surface area contributed by atoms with Gasteiger partial charge in [0.1, 0.15) is 13.3 Å². The van der Waals surface area contributed by atoms with Gasteiger partial charge in [-0.15, -0.1) is 35.1 Å². The zero-order chi connectivity index (χ0) is 29.8. The molecule has 0 saturated heterocycles. The van der Waals surface area contributed by atoms with Gasteiger partial charge in [-0.1, -0.05) is 72.3 Å². The van der Waals surface area contributed by atoms with Gasteiger partial charge < -0.3 is 29.2 Å². The molecule has 0 bridgehead atoms. The van der Waals surface area contributed by atoms with E-state index in [2.05, 4.69) is 0 Å². The first-order valence-corrected chi connectivity index (χ1v) is 10.8. The van der Waals surface area contributed by atoms with Gasteiger partial charge in [0, 0.05) is 16.2 Å². The first kappa shape index (κ1) is 64.9. The summed E-state index contributed by atoms with van der Waals surface area (Å²) in [5, 5.41) is 19.0. The molecule has 2 unspecified atom stereocenters. The second-order valence-electron chi connectivity index (χ2n) is 9.43. The highest BCUT2D eigenvalue weighted by atomic mass is 19.5. The van der Waals surface area contributed by atoms with Crippen molar-refractivity contribution >= 4 is 0 Å². The smallest absolute Gasteiger partial charge is 0.396 e. The van der Waals surface area contributed by atoms with Crippen LogP contribution in [0.15, 0.2) is 0 Å². The molecule has 0 spiro atoms. The molecule has 6 nitrogen and oxygen atoms in total. The minimum atomic E-state index is -5.50. The Morgan fingerprint density at radius 1 is 0.442 bits per heavy atom. The van der Waals surface area contributed by atoms with Gasteiger partial charge in [-0.2, -0.15) is 0 Å². The Balaban J connectivity index is -0.0000000892. The summed E-state index contributed by atoms with van der Waals surface area (Å²) in [6, 6.07) is 0. The molecule has 16 heteroatoms. The van der Waals surface area contributed by atoms with Crippen molar-refractivity contribution in [2.45, 2.75) is 85.1 Å². The zero-order valence-corrected chi connectivity index (χ0v) is 21.3. The monoisotopic (exact) mass is 672 g/mol. The van der Waals surface area contributed by atoms with E-state index in [1.165, 1.54) is 0 Å². The number of hydrogen-bond acceptors (Lipinski definition) is 6. The van der Waals surface area contributed by atoms with Crippen LogP contribution >= 0.6 is 0 Å². The van der Waals surface area contributed by atoms with Crippen LogP contribution in [0, 0.1) is 16.2 Å². The minimum absolute atomic E-state index is 0. The molecule has 276 valence electrons. The van der Waals surface area contributed by atoms with E-state index in [0.29, 0.717) is 13.2 Å². The molecule has 0 radical (unpaired) electrons. The average Bonchev–Trinajstić information content (AvgIpc) is 2.71. The maximum absolute atomic E-state index is 12.1. The highest BCUT2D eigenvalue weighted by Crippen LogP contribution is 2.23. The van der Waals surface area contributed by atoms with Crippen molar-refractivity contribution in [1.29, 1.82) is 0 Å². The molecule has 2 atom stereocenters. The van der Waals surface area contributed by atoms with Crippen LogP contribution in [0.1, 0.15) is 72.3 Å². The Morgan fingerprint density at radius 2 is 0.651 bits per heavy atom. The molecule has 0 rings (SSSR count). The summed E-state index contributed by atoms with van der Waals surface area (Å²) in [7, 11) is 0. The molecule has 0 aromatic heterocycles. The van der Waals surface area contributed by atoms with Crippen molar-refractivity contribution < 1.29 is 73.1 Å². The lowest BCUT2D eigenvalue weighted by molar-refractivity contribution is -0.238. The number of halogens is 10. The first-order valence-electron chi connectivity index (χ1n) is 10.8. The molecular weight excluding hydrogens is 610 g/mol. The summed E-state index contributed by atoms with van der Waals surface area (Å²) in [5.74, 6) is 0. The van der Waals surface area contributed by atoms with Gasteiger partial charge in [-0.3, -0.25) is 0 Å². The Labute approximate surface area is 254 Å². The van der Waals surface area contributed by atoms with Crippen LogP contribution < -0.4 is 0 Å². The summed E-state index contributed by atoms with van der Waals surface area (Å²) in [6.07, 6.45) is -11.0. The molecule has 0 saturated carbocycles. The van der Waals surface area contributed by atoms with Gasteiger partial charge in [0.25, 0.3) is 0 Å². The molecule has 0 aliphatic carbocycles. The van der Waals surface area contributed by atoms with Gasteiger partial charge in [0.05, 0.1) is 66.1 Å². The number of aliphatic hydroxyl groups excluding tert-OH is 2. The Hall–Kier alpha value is -0.940. The maximum atomic E-state index is 12.1. The molecule has 2 N–H and O–H groups in total. The molecule has 43 heavy (non-hydrogen) atoms. The van der Waals surface area contributed by atoms with Crippen molar-refractivity contribution in [3.63, 3.8) is 0 Å². The predicted molar refractivity (Wildman–Crippen MR) is 154 cm³/mol. The third-order valence-electron chi connectivity index (χ3n) is 3.99. The van der Waals surface area contributed by atoms with Gasteiger partial charge in [-0.25, -0.2) is 8.78 Å². The topological polar surface area (TPSA) is 77.4 Å². The van der Waals surface area contributed by atoms with Crippen molar-refractivity contribution in [3.05, 3.63) is 0 Å². The lowest BCUT2D eigenvalue weighted by Crippen LogP contribution is -2.37. The normalized spacial score (nSPS) is 13.4. The summed E-state index contributed by atoms with van der Waals surface area (Å²) in [5.41, 5.74) is -1.46. The summed E-state index contributed by atoms with van der Waals surface area (Å²) in [4.78, 5) is 0. The maximum Gasteiger partial charge on any atom is 0.559 e. The molecule has 0 amide bonds. The van der Waals surface area contributed by atoms with Crippen molar-refractivity contribution in [2.24, 2.45) is 16.2 Å². The molecular formula is C27H62F10O6. The van der Waals surface area contributed by atoms with E-state index in [9.17, 15) is 54.1 Å². The van der Waals surface area contributed by atoms with Crippen LogP contribution in [0.5, 0.6) is 0 Å². The standard InChI is InChI=1S/C19H38F2O6.2CF4.6CH4/c1-17(2,11-26-15-18(3,9-22)13-24-7-5-20)12-27-16-19(4,10-23)14-25-8-6-21;2*2-1(3,4)5;;;;;;/h22-23H,5-16H2,1-4H3;;;6*1H4. The van der Waals surface area contributed by atoms with Crippen LogP contribution in [0.3, 0.4) is 0 Å². The summed E-state index contributed by atoms with van der Waals surface area (Å²) < 4.78 is 124. The first-order chi connectivity index (χ1) is 16.7. The van der Waals surface area contributed by atoms with Crippen LogP contribution in [0.4, 0.5) is 43.9 Å². The lowest BCUT2D eigenvalue weighted by Gasteiger charge is -2.32. The highest BCUT2D eigenvalue weighted by Gasteiger charge is 2.29. The van der Waals surface area contributed by atoms with Gasteiger partial charge in [-0.05, 0) is 0 Å². The van der Waals surface area contributed by atoms with E-state index in [1.54, 1.807) is 0 Å². The predicted octanol–water partition coefficient (Wildman–Crippen LogP) is 8.78. The van der Waals surface area contributed by atoms with Crippen LogP contribution in [-0.2, 0) is 18.9 Å². The molecule has 0 aliphatic heterocycles. The molecule has 0 fully saturated rings. The molecule has 0 aromatic rings. The summed E-state index contributed by atoms with van der Waals surface area (Å²) >= 11 is 0. The quantitative estimate of drug-likeness (QED) is 0.112. The number of aliphatic hydroxyl groups is 2. The van der Waals surface area contributed by atoms with E-state index in [0.717, 1.165) is 0 Å². The minimum Gasteiger partial charge on any atom is -0.396 e. The third-order valence-corrected chi connectivity index (χ3v) is 3.99. The van der Waals surface area contributed by atoms with E-state index in [-0.39, 0.29) is 103 Å². The average molecular weight is 673 g/mol. The Kier molecular flexibility index (Phi) is 49.0. The summed E-state index contributed by atoms with van der Waals surface area (Å²) in [6.45, 7) is 8.08. The highest BCUT2D eigenvalue weighted by molar-refractivity contribution is 4.76. The van der Waals surface area contributed by atoms with Gasteiger partial charge in [0.15, 0.2) is 0 Å². The Bertz CT molecular complexity index is 485. The van der Waals surface area contributed by atoms with Gasteiger partial charge in [0.2, 0.25) is 0 Å². The fourth-order valence-electron chi connectivity index (χ4n) is 2.20. The Morgan fingerprint density at radius 3 is 0.837 bits per heavy atom. The molecule has 0 aliphatic rings. The lowest BCUT2D eigenvalue weighted by atomic mass is 9.92. The number of alkyl halides is 10. The third kappa shape index (κ3) is 57.3. The second kappa shape index (κ2) is 32.5. The molecule has 0 aromatic carbocycles. The van der Waals surface area contributed by atoms with E-state index in [1.807, 2.05) is 27.7 Å². The zero-order valence-electron chi connectivity index (χ0n) is 21.3. The van der Waals surface area contributed by atoms with Crippen molar-refractivity contribution in [3.8, 4) is 0 Å². The SMILES string of the molecule is C.C.C.C.C.C.CC(C)(COCC(C)(CO)COCCF)COCC(C)(CO)COCCF.FC(F)(F)F.FC(F)(F)F. The fraction of sp³-hybridized carbons (Fsp3) is 1.00. The van der Waals surface area contributed by atoms with Crippen LogP contribution in [0.25, 0.3) is 0 Å². The van der Waals surface area contributed by atoms with Gasteiger partial charge >= 0.3 is 12.9 Å². The van der Waals surface area contributed by atoms with Crippen LogP contribution in [0.2, 0.25) is 0 Å². The van der Waals surface area contributed by atoms with Crippen LogP contribution in [-0.4, -0.2) is 102 Å². The van der Waals surface area contributed by atoms with E-state index >= 15 is 0 Å². The fourth-order valence-corrected chi connectivity index (χ4v) is 2.20. The number of hydrogen-bond donors (Lipinski definition) is 2. The molecule has 0 heterocycles.